The van der Waals surface area contributed by atoms with E-state index in [1.807, 2.05) is 0 Å². The number of hydrogen-bond acceptors (Lipinski definition) is 0. The quantitative estimate of drug-likeness (QED) is 0.553. The molecule has 0 heteroatoms. The molecule has 1 rings (SSSR count). The molecule has 1 atom stereocenters. The van der Waals surface area contributed by atoms with Gasteiger partial charge in [0.2, 0.25) is 0 Å². The van der Waals surface area contributed by atoms with Crippen LogP contribution in [0.1, 0.15) is 53.4 Å². The molecule has 0 N–H and O–H groups in total. The molecule has 1 saturated carbocycles. The van der Waals surface area contributed by atoms with Crippen LogP contribution in [0.3, 0.4) is 0 Å². The Labute approximate surface area is 94.8 Å². The van der Waals surface area contributed by atoms with Gasteiger partial charge in [-0.25, -0.2) is 0 Å². The molecule has 1 aliphatic carbocycles. The molecule has 84 valence electrons. The van der Waals surface area contributed by atoms with Gasteiger partial charge in [-0.3, -0.25) is 0 Å². The van der Waals surface area contributed by atoms with Crippen LogP contribution in [0.2, 0.25) is 0 Å². The largest absolute Gasteiger partial charge is 0.0798 e. The Morgan fingerprint density at radius 1 is 1.07 bits per heavy atom. The van der Waals surface area contributed by atoms with Gasteiger partial charge in [0.15, 0.2) is 0 Å². The van der Waals surface area contributed by atoms with Crippen molar-refractivity contribution in [3.63, 3.8) is 0 Å². The van der Waals surface area contributed by atoms with Crippen molar-refractivity contribution in [1.29, 1.82) is 0 Å². The van der Waals surface area contributed by atoms with E-state index in [0.717, 1.165) is 0 Å². The zero-order valence-electron chi connectivity index (χ0n) is 10.6. The highest BCUT2D eigenvalue weighted by Gasteiger charge is 2.15. The summed E-state index contributed by atoms with van der Waals surface area (Å²) in [6.07, 6.45) is 12.4. The van der Waals surface area contributed by atoms with Crippen molar-refractivity contribution in [2.24, 2.45) is 5.92 Å². The van der Waals surface area contributed by atoms with Gasteiger partial charge in [0.05, 0.1) is 0 Å². The van der Waals surface area contributed by atoms with Crippen molar-refractivity contribution < 1.29 is 0 Å². The van der Waals surface area contributed by atoms with Crippen molar-refractivity contribution >= 4 is 0 Å². The molecule has 1 fully saturated rings. The smallest absolute Gasteiger partial charge is 0.00177 e. The molecule has 0 nitrogen and oxygen atoms in total. The number of allylic oxidation sites excluding steroid dienone is 6. The van der Waals surface area contributed by atoms with Gasteiger partial charge in [0, 0.05) is 0 Å². The minimum atomic E-state index is 0.708. The average Bonchev–Trinajstić information content (AvgIpc) is 2.15. The second kappa shape index (κ2) is 5.95. The van der Waals surface area contributed by atoms with E-state index in [9.17, 15) is 0 Å². The predicted molar refractivity (Wildman–Crippen MR) is 68.9 cm³/mol. The molecular weight excluding hydrogens is 180 g/mol. The van der Waals surface area contributed by atoms with E-state index < -0.39 is 0 Å². The van der Waals surface area contributed by atoms with Gasteiger partial charge < -0.3 is 0 Å². The first kappa shape index (κ1) is 12.3. The molecule has 0 aromatic carbocycles. The van der Waals surface area contributed by atoms with Crippen molar-refractivity contribution in [3.8, 4) is 0 Å². The second-order valence-corrected chi connectivity index (χ2v) is 5.08. The Balaban J connectivity index is 2.78. The first-order chi connectivity index (χ1) is 7.09. The minimum absolute atomic E-state index is 0.708. The first-order valence-electron chi connectivity index (χ1n) is 6.08. The molecule has 0 aromatic rings. The Morgan fingerprint density at radius 2 is 1.80 bits per heavy atom. The van der Waals surface area contributed by atoms with E-state index in [0.29, 0.717) is 5.92 Å². The van der Waals surface area contributed by atoms with E-state index in [1.165, 1.54) is 36.8 Å². The zero-order valence-corrected chi connectivity index (χ0v) is 10.6. The second-order valence-electron chi connectivity index (χ2n) is 5.08. The Bertz CT molecular complexity index is 281. The topological polar surface area (TPSA) is 0 Å². The van der Waals surface area contributed by atoms with Crippen LogP contribution in [0, 0.1) is 5.92 Å². The fourth-order valence-corrected chi connectivity index (χ4v) is 2.14. The van der Waals surface area contributed by atoms with Crippen LogP contribution in [-0.2, 0) is 0 Å². The molecule has 0 aromatic heterocycles. The summed E-state index contributed by atoms with van der Waals surface area (Å²) in [6.45, 7) is 8.73. The van der Waals surface area contributed by atoms with Crippen LogP contribution in [-0.4, -0.2) is 0 Å². The third-order valence-corrected chi connectivity index (χ3v) is 2.87. The van der Waals surface area contributed by atoms with Gasteiger partial charge in [0.25, 0.3) is 0 Å². The van der Waals surface area contributed by atoms with Crippen LogP contribution in [0.25, 0.3) is 0 Å². The highest BCUT2D eigenvalue weighted by molar-refractivity contribution is 5.23. The predicted octanol–water partition coefficient (Wildman–Crippen LogP) is 5.04. The summed E-state index contributed by atoms with van der Waals surface area (Å²) in [4.78, 5) is 0. The summed E-state index contributed by atoms with van der Waals surface area (Å²) in [5.41, 5.74) is 4.47. The van der Waals surface area contributed by atoms with Gasteiger partial charge in [-0.05, 0) is 52.9 Å². The Hall–Kier alpha value is -0.780. The van der Waals surface area contributed by atoms with Crippen LogP contribution in [0.4, 0.5) is 0 Å². The van der Waals surface area contributed by atoms with Crippen LogP contribution in [0.5, 0.6) is 0 Å². The minimum Gasteiger partial charge on any atom is -0.0798 e. The molecule has 0 heterocycles. The van der Waals surface area contributed by atoms with Gasteiger partial charge >= 0.3 is 0 Å². The van der Waals surface area contributed by atoms with Crippen molar-refractivity contribution in [3.05, 3.63) is 34.9 Å². The summed E-state index contributed by atoms with van der Waals surface area (Å²) < 4.78 is 0. The average molecular weight is 204 g/mol. The number of hydrogen-bond donors (Lipinski definition) is 0. The van der Waals surface area contributed by atoms with E-state index >= 15 is 0 Å². The lowest BCUT2D eigenvalue weighted by molar-refractivity contribution is 0.517. The molecule has 1 unspecified atom stereocenters. The van der Waals surface area contributed by atoms with Gasteiger partial charge in [-0.1, -0.05) is 41.4 Å². The summed E-state index contributed by atoms with van der Waals surface area (Å²) in [6, 6.07) is 0. The molecule has 0 radical (unpaired) electrons. The molecule has 0 saturated heterocycles. The van der Waals surface area contributed by atoms with Gasteiger partial charge in [0.1, 0.15) is 0 Å². The summed E-state index contributed by atoms with van der Waals surface area (Å²) in [7, 11) is 0. The third kappa shape index (κ3) is 4.51. The molecular formula is C15H24. The fraction of sp³-hybridized carbons (Fsp3) is 0.600. The fourth-order valence-electron chi connectivity index (χ4n) is 2.14. The van der Waals surface area contributed by atoms with Crippen molar-refractivity contribution in [1.82, 2.24) is 0 Å². The molecule has 15 heavy (non-hydrogen) atoms. The van der Waals surface area contributed by atoms with E-state index in [4.69, 9.17) is 0 Å². The maximum absolute atomic E-state index is 2.43. The monoisotopic (exact) mass is 204 g/mol. The maximum Gasteiger partial charge on any atom is -0.00177 e. The lowest BCUT2D eigenvalue weighted by atomic mass is 9.83. The van der Waals surface area contributed by atoms with Crippen LogP contribution >= 0.6 is 0 Å². The van der Waals surface area contributed by atoms with E-state index in [-0.39, 0.29) is 0 Å². The van der Waals surface area contributed by atoms with Crippen LogP contribution in [0.15, 0.2) is 34.9 Å². The summed E-state index contributed by atoms with van der Waals surface area (Å²) in [5.74, 6) is 0.708. The molecule has 0 spiro atoms. The Kier molecular flexibility index (Phi) is 4.87. The molecule has 0 amide bonds. The van der Waals surface area contributed by atoms with E-state index in [2.05, 4.69) is 45.9 Å². The van der Waals surface area contributed by atoms with Gasteiger partial charge in [-0.15, -0.1) is 0 Å². The normalized spacial score (nSPS) is 23.7. The maximum atomic E-state index is 2.43. The lowest BCUT2D eigenvalue weighted by Crippen LogP contribution is -2.07. The van der Waals surface area contributed by atoms with E-state index in [1.54, 1.807) is 5.57 Å². The molecule has 1 aliphatic rings. The lowest BCUT2D eigenvalue weighted by Gasteiger charge is -2.23. The first-order valence-corrected chi connectivity index (χ1v) is 6.08. The molecule has 0 bridgehead atoms. The standard InChI is InChI=1S/C15H24/c1-12(2)9-10-14-7-5-6-8-15(14)11-13(3)4/h9-11,15H,5-8H2,1-4H3/b14-10+. The van der Waals surface area contributed by atoms with Gasteiger partial charge in [-0.2, -0.15) is 0 Å². The zero-order chi connectivity index (χ0) is 11.3. The SMILES string of the molecule is CC(C)=C/C=C1\CCCCC1C=C(C)C. The van der Waals surface area contributed by atoms with Crippen LogP contribution < -0.4 is 0 Å². The summed E-state index contributed by atoms with van der Waals surface area (Å²) >= 11 is 0. The molecule has 0 aliphatic heterocycles. The Morgan fingerprint density at radius 3 is 2.40 bits per heavy atom. The highest BCUT2D eigenvalue weighted by Crippen LogP contribution is 2.31. The highest BCUT2D eigenvalue weighted by atomic mass is 14.2. The number of rotatable bonds is 2. The third-order valence-electron chi connectivity index (χ3n) is 2.87. The van der Waals surface area contributed by atoms with Crippen molar-refractivity contribution in [2.45, 2.75) is 53.4 Å². The summed E-state index contributed by atoms with van der Waals surface area (Å²) in [5, 5.41) is 0. The van der Waals surface area contributed by atoms with Crippen molar-refractivity contribution in [2.75, 3.05) is 0 Å².